The Balaban J connectivity index is 1.55. The van der Waals surface area contributed by atoms with Gasteiger partial charge >= 0.3 is 0 Å². The number of hydrogen-bond donors (Lipinski definition) is 3. The van der Waals surface area contributed by atoms with E-state index in [9.17, 15) is 4.79 Å². The summed E-state index contributed by atoms with van der Waals surface area (Å²) in [5.74, 6) is 1.21. The van der Waals surface area contributed by atoms with Crippen molar-refractivity contribution in [3.8, 4) is 5.75 Å². The maximum Gasteiger partial charge on any atom is 0.222 e. The zero-order valence-electron chi connectivity index (χ0n) is 20.7. The lowest BCUT2D eigenvalue weighted by atomic mass is 10.0. The lowest BCUT2D eigenvalue weighted by molar-refractivity contribution is -0.123. The molecule has 3 rings (SSSR count). The first-order valence-corrected chi connectivity index (χ1v) is 12.5. The zero-order chi connectivity index (χ0) is 24.3. The van der Waals surface area contributed by atoms with Crippen LogP contribution in [0.3, 0.4) is 0 Å². The van der Waals surface area contributed by atoms with Crippen LogP contribution in [0.1, 0.15) is 52.1 Å². The van der Waals surface area contributed by atoms with Crippen LogP contribution in [0.15, 0.2) is 24.5 Å². The van der Waals surface area contributed by atoms with Crippen LogP contribution < -0.4 is 15.8 Å². The first kappa shape index (κ1) is 25.9. The topological polar surface area (TPSA) is 115 Å². The van der Waals surface area contributed by atoms with Crippen molar-refractivity contribution < 1.29 is 14.3 Å². The third-order valence-electron chi connectivity index (χ3n) is 5.94. The summed E-state index contributed by atoms with van der Waals surface area (Å²) in [5, 5.41) is 3.96. The third-order valence-corrected chi connectivity index (χ3v) is 5.94. The fourth-order valence-electron chi connectivity index (χ4n) is 3.92. The predicted molar refractivity (Wildman–Crippen MR) is 136 cm³/mol. The van der Waals surface area contributed by atoms with Crippen LogP contribution in [-0.4, -0.2) is 53.8 Å². The second-order valence-electron chi connectivity index (χ2n) is 9.04. The minimum absolute atomic E-state index is 0.0448. The fraction of sp³-hybridized carbons (Fsp3) is 0.577. The van der Waals surface area contributed by atoms with Crippen molar-refractivity contribution in [2.24, 2.45) is 17.6 Å². The quantitative estimate of drug-likeness (QED) is 0.290. The highest BCUT2D eigenvalue weighted by Crippen LogP contribution is 2.28. The molecule has 186 valence electrons. The highest BCUT2D eigenvalue weighted by molar-refractivity contribution is 6.03. The fourth-order valence-corrected chi connectivity index (χ4v) is 3.92. The van der Waals surface area contributed by atoms with Gasteiger partial charge < -0.3 is 25.5 Å². The van der Waals surface area contributed by atoms with Gasteiger partial charge in [-0.1, -0.05) is 26.7 Å². The second kappa shape index (κ2) is 13.2. The van der Waals surface area contributed by atoms with Crippen LogP contribution in [-0.2, 0) is 16.0 Å². The van der Waals surface area contributed by atoms with Crippen LogP contribution in [0.4, 0.5) is 0 Å². The molecule has 0 aliphatic rings. The molecule has 0 radical (unpaired) electrons. The number of rotatable bonds is 15. The van der Waals surface area contributed by atoms with Gasteiger partial charge in [0.1, 0.15) is 11.3 Å². The molecule has 1 unspecified atom stereocenters. The van der Waals surface area contributed by atoms with Crippen LogP contribution in [0.2, 0.25) is 0 Å². The summed E-state index contributed by atoms with van der Waals surface area (Å²) < 4.78 is 11.6. The van der Waals surface area contributed by atoms with Gasteiger partial charge in [-0.25, -0.2) is 4.98 Å². The van der Waals surface area contributed by atoms with E-state index in [2.05, 4.69) is 15.3 Å². The van der Waals surface area contributed by atoms with E-state index in [4.69, 9.17) is 20.2 Å². The minimum Gasteiger partial charge on any atom is -0.494 e. The summed E-state index contributed by atoms with van der Waals surface area (Å²) in [7, 11) is 0. The third kappa shape index (κ3) is 7.14. The molecule has 0 fully saturated rings. The lowest BCUT2D eigenvalue weighted by Gasteiger charge is -2.15. The standard InChI is InChI=1S/C26H39N5O3/c1-4-33-16-19(15-27)13-23-25-24(29-17-30-25)21-14-20(9-10-22(21)31-23)34-12-8-6-5-7-11-28-26(32)18(2)3/h9-10,14,17-19H,4-8,11-13,15-16,27H2,1-3H3,(H,28,32)(H,29,30). The number of nitrogens with zero attached hydrogens (tertiary/aromatic N) is 2. The molecule has 0 spiro atoms. The van der Waals surface area contributed by atoms with Crippen molar-refractivity contribution in [3.05, 3.63) is 30.2 Å². The molecule has 0 saturated heterocycles. The summed E-state index contributed by atoms with van der Waals surface area (Å²) in [5.41, 5.74) is 9.66. The number of ether oxygens (including phenoxy) is 2. The molecule has 0 bridgehead atoms. The highest BCUT2D eigenvalue weighted by Gasteiger charge is 2.16. The number of benzene rings is 1. The van der Waals surface area contributed by atoms with Crippen LogP contribution in [0, 0.1) is 11.8 Å². The minimum atomic E-state index is 0.0448. The van der Waals surface area contributed by atoms with E-state index < -0.39 is 0 Å². The number of fused-ring (bicyclic) bond motifs is 3. The number of unbranched alkanes of at least 4 members (excludes halogenated alkanes) is 3. The number of H-pyrrole nitrogens is 1. The lowest BCUT2D eigenvalue weighted by Crippen LogP contribution is -2.28. The van der Waals surface area contributed by atoms with E-state index in [0.717, 1.165) is 72.0 Å². The summed E-state index contributed by atoms with van der Waals surface area (Å²) in [6.45, 7) is 9.07. The second-order valence-corrected chi connectivity index (χ2v) is 9.04. The van der Waals surface area contributed by atoms with Crippen molar-refractivity contribution in [2.45, 2.75) is 52.9 Å². The number of carbonyl (C=O) groups is 1. The van der Waals surface area contributed by atoms with Gasteiger partial charge in [0, 0.05) is 30.4 Å². The van der Waals surface area contributed by atoms with Gasteiger partial charge in [-0.05, 0) is 50.9 Å². The molecular weight excluding hydrogens is 430 g/mol. The Morgan fingerprint density at radius 2 is 2.03 bits per heavy atom. The zero-order valence-corrected chi connectivity index (χ0v) is 20.7. The van der Waals surface area contributed by atoms with Crippen molar-refractivity contribution in [2.75, 3.05) is 32.9 Å². The number of carbonyl (C=O) groups excluding carboxylic acids is 1. The Morgan fingerprint density at radius 3 is 2.79 bits per heavy atom. The maximum atomic E-state index is 11.6. The molecule has 8 nitrogen and oxygen atoms in total. The van der Waals surface area contributed by atoms with Gasteiger partial charge in [-0.3, -0.25) is 9.78 Å². The number of nitrogens with two attached hydrogens (primary N) is 1. The number of pyridine rings is 1. The average molecular weight is 470 g/mol. The van der Waals surface area contributed by atoms with Gasteiger partial charge in [0.25, 0.3) is 0 Å². The van der Waals surface area contributed by atoms with Gasteiger partial charge in [-0.15, -0.1) is 0 Å². The van der Waals surface area contributed by atoms with E-state index in [1.165, 1.54) is 0 Å². The molecule has 4 N–H and O–H groups in total. The molecule has 0 aliphatic carbocycles. The van der Waals surface area contributed by atoms with E-state index in [1.807, 2.05) is 39.0 Å². The molecule has 2 aromatic heterocycles. The monoisotopic (exact) mass is 469 g/mol. The Kier molecular flexibility index (Phi) is 10.1. The molecule has 0 aliphatic heterocycles. The van der Waals surface area contributed by atoms with E-state index in [-0.39, 0.29) is 17.7 Å². The average Bonchev–Trinajstić information content (AvgIpc) is 3.34. The Hall–Kier alpha value is -2.71. The Bertz CT molecular complexity index is 1050. The first-order chi connectivity index (χ1) is 16.5. The van der Waals surface area contributed by atoms with Gasteiger partial charge in [0.15, 0.2) is 0 Å². The van der Waals surface area contributed by atoms with E-state index in [1.54, 1.807) is 6.33 Å². The number of hydrogen-bond acceptors (Lipinski definition) is 6. The van der Waals surface area contributed by atoms with Gasteiger partial charge in [-0.2, -0.15) is 0 Å². The Labute approximate surface area is 202 Å². The van der Waals surface area contributed by atoms with Crippen molar-refractivity contribution >= 4 is 27.8 Å². The molecule has 3 aromatic rings. The number of aromatic amines is 1. The molecule has 34 heavy (non-hydrogen) atoms. The van der Waals surface area contributed by atoms with Gasteiger partial charge in [0.2, 0.25) is 5.91 Å². The maximum absolute atomic E-state index is 11.6. The molecule has 8 heteroatoms. The van der Waals surface area contributed by atoms with Crippen molar-refractivity contribution in [3.63, 3.8) is 0 Å². The van der Waals surface area contributed by atoms with Crippen molar-refractivity contribution in [1.29, 1.82) is 0 Å². The number of aromatic nitrogens is 3. The number of nitrogens with one attached hydrogen (secondary N) is 2. The number of imidazole rings is 1. The van der Waals surface area contributed by atoms with Gasteiger partial charge in [0.05, 0.1) is 36.3 Å². The SMILES string of the molecule is CCOCC(CN)Cc1nc2ccc(OCCCCCCNC(=O)C(C)C)cc2c2[nH]cnc12. The van der Waals surface area contributed by atoms with Crippen LogP contribution in [0.25, 0.3) is 21.9 Å². The predicted octanol–water partition coefficient (Wildman–Crippen LogP) is 3.98. The molecule has 1 atom stereocenters. The summed E-state index contributed by atoms with van der Waals surface area (Å²) in [6, 6.07) is 6.02. The van der Waals surface area contributed by atoms with Crippen molar-refractivity contribution in [1.82, 2.24) is 20.3 Å². The van der Waals surface area contributed by atoms with E-state index in [0.29, 0.717) is 26.4 Å². The van der Waals surface area contributed by atoms with Crippen LogP contribution >= 0.6 is 0 Å². The summed E-state index contributed by atoms with van der Waals surface area (Å²) >= 11 is 0. The molecule has 1 aromatic carbocycles. The normalized spacial score (nSPS) is 12.5. The number of amides is 1. The summed E-state index contributed by atoms with van der Waals surface area (Å²) in [4.78, 5) is 24.3. The highest BCUT2D eigenvalue weighted by atomic mass is 16.5. The molecule has 0 saturated carbocycles. The largest absolute Gasteiger partial charge is 0.494 e. The Morgan fingerprint density at radius 1 is 1.21 bits per heavy atom. The summed E-state index contributed by atoms with van der Waals surface area (Å²) in [6.07, 6.45) is 6.57. The molecular formula is C26H39N5O3. The molecule has 1 amide bonds. The van der Waals surface area contributed by atoms with E-state index >= 15 is 0 Å². The smallest absolute Gasteiger partial charge is 0.222 e. The molecule has 2 heterocycles. The first-order valence-electron chi connectivity index (χ1n) is 12.5. The van der Waals surface area contributed by atoms with Crippen LogP contribution in [0.5, 0.6) is 5.75 Å².